The molecule has 5 nitrogen and oxygen atoms in total. The molecule has 0 aromatic heterocycles. The second-order valence-electron chi connectivity index (χ2n) is 6.36. The lowest BCUT2D eigenvalue weighted by Gasteiger charge is -2.23. The van der Waals surface area contributed by atoms with Gasteiger partial charge in [-0.1, -0.05) is 39.0 Å². The quantitative estimate of drug-likeness (QED) is 0.607. The fourth-order valence-electron chi connectivity index (χ4n) is 2.20. The summed E-state index contributed by atoms with van der Waals surface area (Å²) in [4.78, 5) is 22.7. The van der Waals surface area contributed by atoms with Crippen molar-refractivity contribution in [2.45, 2.75) is 32.6 Å². The van der Waals surface area contributed by atoms with Gasteiger partial charge in [0, 0.05) is 0 Å². The van der Waals surface area contributed by atoms with Crippen LogP contribution in [0.1, 0.15) is 43.1 Å². The van der Waals surface area contributed by atoms with E-state index in [9.17, 15) is 9.59 Å². The molecule has 0 spiro atoms. The normalized spacial score (nSPS) is 11.0. The first-order chi connectivity index (χ1) is 11.8. The zero-order chi connectivity index (χ0) is 18.4. The van der Waals surface area contributed by atoms with Gasteiger partial charge in [-0.05, 0) is 47.7 Å². The highest BCUT2D eigenvalue weighted by Gasteiger charge is 2.17. The summed E-state index contributed by atoms with van der Waals surface area (Å²) in [5, 5.41) is 8.93. The molecule has 0 unspecified atom stereocenters. The van der Waals surface area contributed by atoms with Crippen LogP contribution >= 0.6 is 0 Å². The number of carboxylic acid groups (broad SMARTS) is 1. The number of hydrogen-bond acceptors (Lipinski definition) is 4. The predicted octanol–water partition coefficient (Wildman–Crippen LogP) is 4.06. The van der Waals surface area contributed by atoms with Gasteiger partial charge in [0.1, 0.15) is 11.5 Å². The van der Waals surface area contributed by atoms with Crippen LogP contribution in [-0.2, 0) is 10.2 Å². The predicted molar refractivity (Wildman–Crippen MR) is 94.3 cm³/mol. The van der Waals surface area contributed by atoms with Crippen molar-refractivity contribution in [2.24, 2.45) is 0 Å². The van der Waals surface area contributed by atoms with Gasteiger partial charge in [0.15, 0.2) is 6.61 Å². The van der Waals surface area contributed by atoms with Gasteiger partial charge in [0.25, 0.3) is 0 Å². The van der Waals surface area contributed by atoms with Crippen molar-refractivity contribution in [3.63, 3.8) is 0 Å². The maximum Gasteiger partial charge on any atom is 0.349 e. The molecule has 0 aliphatic rings. The molecule has 132 valence electrons. The Morgan fingerprint density at radius 1 is 1.04 bits per heavy atom. The van der Waals surface area contributed by atoms with E-state index in [0.29, 0.717) is 5.75 Å². The number of rotatable bonds is 7. The zero-order valence-electron chi connectivity index (χ0n) is 14.6. The average molecular weight is 342 g/mol. The summed E-state index contributed by atoms with van der Waals surface area (Å²) in [6, 6.07) is 13.4. The van der Waals surface area contributed by atoms with Crippen LogP contribution in [0.15, 0.2) is 48.5 Å². The van der Waals surface area contributed by atoms with Crippen molar-refractivity contribution >= 4 is 11.9 Å². The number of ether oxygens (including phenoxy) is 2. The van der Waals surface area contributed by atoms with Gasteiger partial charge in [0.2, 0.25) is 0 Å². The van der Waals surface area contributed by atoms with Crippen molar-refractivity contribution in [1.82, 2.24) is 0 Å². The highest BCUT2D eigenvalue weighted by Crippen LogP contribution is 2.28. The maximum absolute atomic E-state index is 11.8. The summed E-state index contributed by atoms with van der Waals surface area (Å²) < 4.78 is 10.5. The minimum atomic E-state index is -1.08. The Balaban J connectivity index is 1.92. The Bertz CT molecular complexity index is 747. The standard InChI is InChI=1S/C20H22O5/c1-4-20(2,3)15-8-10-16(11-9-15)24-13-18(21)25-17-7-5-6-14(12-17)19(22)23/h5-12H,4,13H2,1-3H3,(H,22,23). The molecular weight excluding hydrogens is 320 g/mol. The van der Waals surface area contributed by atoms with Gasteiger partial charge in [-0.15, -0.1) is 0 Å². The van der Waals surface area contributed by atoms with E-state index in [1.807, 2.05) is 24.3 Å². The smallest absolute Gasteiger partial charge is 0.349 e. The average Bonchev–Trinajstić information content (AvgIpc) is 2.60. The molecule has 2 aromatic rings. The number of carboxylic acids is 1. The molecular formula is C20H22O5. The Morgan fingerprint density at radius 3 is 2.32 bits per heavy atom. The molecule has 2 aromatic carbocycles. The van der Waals surface area contributed by atoms with Crippen LogP contribution in [0, 0.1) is 0 Å². The number of carbonyl (C=O) groups is 2. The summed E-state index contributed by atoms with van der Waals surface area (Å²) in [5.41, 5.74) is 1.35. The molecule has 5 heteroatoms. The van der Waals surface area contributed by atoms with E-state index < -0.39 is 11.9 Å². The van der Waals surface area contributed by atoms with Crippen molar-refractivity contribution in [2.75, 3.05) is 6.61 Å². The van der Waals surface area contributed by atoms with Gasteiger partial charge < -0.3 is 14.6 Å². The van der Waals surface area contributed by atoms with E-state index >= 15 is 0 Å². The first kappa shape index (κ1) is 18.5. The molecule has 1 N–H and O–H groups in total. The van der Waals surface area contributed by atoms with Gasteiger partial charge in [0.05, 0.1) is 5.56 Å². The molecule has 0 bridgehead atoms. The topological polar surface area (TPSA) is 72.8 Å². The van der Waals surface area contributed by atoms with Crippen molar-refractivity contribution < 1.29 is 24.2 Å². The lowest BCUT2D eigenvalue weighted by Crippen LogP contribution is -2.18. The van der Waals surface area contributed by atoms with E-state index in [2.05, 4.69) is 20.8 Å². The second-order valence-corrected chi connectivity index (χ2v) is 6.36. The van der Waals surface area contributed by atoms with E-state index in [4.69, 9.17) is 14.6 Å². The first-order valence-electron chi connectivity index (χ1n) is 8.09. The molecule has 0 aliphatic heterocycles. The van der Waals surface area contributed by atoms with Crippen LogP contribution in [0.25, 0.3) is 0 Å². The van der Waals surface area contributed by atoms with Gasteiger partial charge >= 0.3 is 11.9 Å². The molecule has 0 radical (unpaired) electrons. The molecule has 0 aliphatic carbocycles. The zero-order valence-corrected chi connectivity index (χ0v) is 14.6. The van der Waals surface area contributed by atoms with Gasteiger partial charge in [-0.2, -0.15) is 0 Å². The minimum absolute atomic E-state index is 0.0559. The van der Waals surface area contributed by atoms with Crippen molar-refractivity contribution in [3.05, 3.63) is 59.7 Å². The third-order valence-electron chi connectivity index (χ3n) is 4.19. The molecule has 0 amide bonds. The Morgan fingerprint density at radius 2 is 1.72 bits per heavy atom. The maximum atomic E-state index is 11.8. The molecule has 0 fully saturated rings. The first-order valence-corrected chi connectivity index (χ1v) is 8.09. The lowest BCUT2D eigenvalue weighted by molar-refractivity contribution is -0.136. The SMILES string of the molecule is CCC(C)(C)c1ccc(OCC(=O)Oc2cccc(C(=O)O)c2)cc1. The van der Waals surface area contributed by atoms with Crippen molar-refractivity contribution in [3.8, 4) is 11.5 Å². The summed E-state index contributed by atoms with van der Waals surface area (Å²) in [7, 11) is 0. The van der Waals surface area contributed by atoms with Crippen molar-refractivity contribution in [1.29, 1.82) is 0 Å². The summed E-state index contributed by atoms with van der Waals surface area (Å²) in [6.07, 6.45) is 1.02. The minimum Gasteiger partial charge on any atom is -0.482 e. The fourth-order valence-corrected chi connectivity index (χ4v) is 2.20. The van der Waals surface area contributed by atoms with E-state index in [1.165, 1.54) is 29.8 Å². The monoisotopic (exact) mass is 342 g/mol. The van der Waals surface area contributed by atoms with Crippen LogP contribution in [0.5, 0.6) is 11.5 Å². The number of hydrogen-bond donors (Lipinski definition) is 1. The van der Waals surface area contributed by atoms with Crippen LogP contribution < -0.4 is 9.47 Å². The van der Waals surface area contributed by atoms with Crippen LogP contribution in [0.3, 0.4) is 0 Å². The third kappa shape index (κ3) is 5.08. The second kappa shape index (κ2) is 7.83. The van der Waals surface area contributed by atoms with Gasteiger partial charge in [-0.25, -0.2) is 9.59 Å². The highest BCUT2D eigenvalue weighted by molar-refractivity contribution is 5.88. The number of carbonyl (C=O) groups excluding carboxylic acids is 1. The molecule has 0 atom stereocenters. The van der Waals surface area contributed by atoms with Crippen LogP contribution in [0.2, 0.25) is 0 Å². The molecule has 0 saturated heterocycles. The Kier molecular flexibility index (Phi) is 5.80. The lowest BCUT2D eigenvalue weighted by atomic mass is 9.82. The summed E-state index contributed by atoms with van der Waals surface area (Å²) in [6.45, 7) is 6.23. The van der Waals surface area contributed by atoms with Gasteiger partial charge in [-0.3, -0.25) is 0 Å². The molecule has 25 heavy (non-hydrogen) atoms. The number of aromatic carboxylic acids is 1. The molecule has 0 heterocycles. The number of benzene rings is 2. The number of esters is 1. The van der Waals surface area contributed by atoms with E-state index in [-0.39, 0.29) is 23.3 Å². The Hall–Kier alpha value is -2.82. The van der Waals surface area contributed by atoms with E-state index in [1.54, 1.807) is 0 Å². The van der Waals surface area contributed by atoms with Crippen LogP contribution in [0.4, 0.5) is 0 Å². The highest BCUT2D eigenvalue weighted by atomic mass is 16.6. The molecule has 2 rings (SSSR count). The fraction of sp³-hybridized carbons (Fsp3) is 0.300. The third-order valence-corrected chi connectivity index (χ3v) is 4.19. The Labute approximate surface area is 147 Å². The molecule has 0 saturated carbocycles. The summed E-state index contributed by atoms with van der Waals surface area (Å²) in [5.74, 6) is -0.926. The van der Waals surface area contributed by atoms with Crippen LogP contribution in [-0.4, -0.2) is 23.7 Å². The summed E-state index contributed by atoms with van der Waals surface area (Å²) >= 11 is 0. The van der Waals surface area contributed by atoms with E-state index in [0.717, 1.165) is 6.42 Å². The largest absolute Gasteiger partial charge is 0.482 e.